The Labute approximate surface area is 255 Å². The fourth-order valence-electron chi connectivity index (χ4n) is 7.82. The minimum Gasteiger partial charge on any atom is -0.508 e. The molecular formula is C36H44N2O5. The highest BCUT2D eigenvalue weighted by atomic mass is 16.5. The van der Waals surface area contributed by atoms with Gasteiger partial charge < -0.3 is 14.6 Å². The number of ether oxygens (including phenoxy) is 2. The maximum absolute atomic E-state index is 14.0. The first-order valence-corrected chi connectivity index (χ1v) is 15.9. The lowest BCUT2D eigenvalue weighted by Crippen LogP contribution is -2.47. The summed E-state index contributed by atoms with van der Waals surface area (Å²) >= 11 is 0. The molecule has 1 aliphatic carbocycles. The molecule has 4 aliphatic rings. The summed E-state index contributed by atoms with van der Waals surface area (Å²) in [6.07, 6.45) is 7.00. The zero-order valence-corrected chi connectivity index (χ0v) is 25.4. The lowest BCUT2D eigenvalue weighted by molar-refractivity contribution is -0.144. The topological polar surface area (TPSA) is 79.3 Å². The molecule has 228 valence electrons. The van der Waals surface area contributed by atoms with Gasteiger partial charge in [0.05, 0.1) is 31.2 Å². The average molecular weight is 585 g/mol. The summed E-state index contributed by atoms with van der Waals surface area (Å²) in [6, 6.07) is 17.7. The van der Waals surface area contributed by atoms with Gasteiger partial charge in [-0.15, -0.1) is 0 Å². The number of methoxy groups -OCH3 is 1. The van der Waals surface area contributed by atoms with E-state index in [1.165, 1.54) is 16.7 Å². The largest absolute Gasteiger partial charge is 0.508 e. The number of hydrogen-bond donors (Lipinski definition) is 1. The zero-order valence-electron chi connectivity index (χ0n) is 25.4. The predicted octanol–water partition coefficient (Wildman–Crippen LogP) is 5.59. The quantitative estimate of drug-likeness (QED) is 0.290. The molecule has 0 bridgehead atoms. The number of amides is 2. The van der Waals surface area contributed by atoms with E-state index in [0.29, 0.717) is 19.6 Å². The summed E-state index contributed by atoms with van der Waals surface area (Å²) in [5.41, 5.74) is 6.04. The highest BCUT2D eigenvalue weighted by molar-refractivity contribution is 6.06. The Morgan fingerprint density at radius 2 is 1.77 bits per heavy atom. The van der Waals surface area contributed by atoms with Crippen molar-refractivity contribution in [2.45, 2.75) is 64.1 Å². The number of allylic oxidation sites excluding steroid dienone is 1. The van der Waals surface area contributed by atoms with Crippen LogP contribution in [0.25, 0.3) is 6.08 Å². The fourth-order valence-corrected chi connectivity index (χ4v) is 7.82. The van der Waals surface area contributed by atoms with Gasteiger partial charge in [0.2, 0.25) is 11.8 Å². The van der Waals surface area contributed by atoms with Crippen molar-refractivity contribution in [3.05, 3.63) is 82.4 Å². The molecule has 4 atom stereocenters. The monoisotopic (exact) mass is 584 g/mol. The van der Waals surface area contributed by atoms with E-state index >= 15 is 0 Å². The highest BCUT2D eigenvalue weighted by Gasteiger charge is 2.58. The smallest absolute Gasteiger partial charge is 0.234 e. The highest BCUT2D eigenvalue weighted by Crippen LogP contribution is 2.50. The number of nitrogens with zero attached hydrogens (tertiary/aromatic N) is 2. The Hall–Kier alpha value is -3.26. The molecular weight excluding hydrogens is 540 g/mol. The molecule has 7 heteroatoms. The van der Waals surface area contributed by atoms with Gasteiger partial charge in [-0.05, 0) is 72.9 Å². The number of hydrogen-bond acceptors (Lipinski definition) is 6. The number of rotatable bonds is 10. The molecule has 0 unspecified atom stereocenters. The molecule has 1 N–H and O–H groups in total. The number of piperidine rings is 1. The number of benzene rings is 2. The first-order valence-electron chi connectivity index (χ1n) is 15.9. The van der Waals surface area contributed by atoms with E-state index in [1.807, 2.05) is 18.2 Å². The molecule has 3 fully saturated rings. The third kappa shape index (κ3) is 6.21. The molecule has 2 amide bonds. The number of phenolic OH excluding ortho intramolecular Hbond substituents is 1. The molecule has 2 aromatic rings. The van der Waals surface area contributed by atoms with Gasteiger partial charge in [-0.3, -0.25) is 19.4 Å². The van der Waals surface area contributed by atoms with E-state index in [0.717, 1.165) is 62.9 Å². The second-order valence-corrected chi connectivity index (χ2v) is 12.6. The Kier molecular flexibility index (Phi) is 9.12. The lowest BCUT2D eigenvalue weighted by atomic mass is 9.69. The van der Waals surface area contributed by atoms with Crippen molar-refractivity contribution in [2.24, 2.45) is 17.8 Å². The summed E-state index contributed by atoms with van der Waals surface area (Å²) in [5, 5.41) is 9.62. The number of fused-ring (bicyclic) bond motifs is 3. The van der Waals surface area contributed by atoms with Crippen molar-refractivity contribution >= 4 is 17.9 Å². The first-order chi connectivity index (χ1) is 21.0. The molecule has 0 saturated carbocycles. The van der Waals surface area contributed by atoms with Gasteiger partial charge in [-0.2, -0.15) is 0 Å². The van der Waals surface area contributed by atoms with Crippen LogP contribution in [0.15, 0.2) is 71.3 Å². The summed E-state index contributed by atoms with van der Waals surface area (Å²) in [6.45, 7) is 5.79. The van der Waals surface area contributed by atoms with Crippen LogP contribution in [-0.4, -0.2) is 72.3 Å². The Bertz CT molecular complexity index is 1360. The summed E-state index contributed by atoms with van der Waals surface area (Å²) < 4.78 is 12.0. The maximum atomic E-state index is 14.0. The number of imide groups is 1. The van der Waals surface area contributed by atoms with Crippen LogP contribution in [0.4, 0.5) is 0 Å². The molecule has 3 heterocycles. The number of carbonyl (C=O) groups excluding carboxylic acids is 2. The molecule has 0 radical (unpaired) electrons. The van der Waals surface area contributed by atoms with Crippen molar-refractivity contribution in [2.75, 3.05) is 33.4 Å². The molecule has 6 rings (SSSR count). The van der Waals surface area contributed by atoms with Crippen LogP contribution >= 0.6 is 0 Å². The predicted molar refractivity (Wildman–Crippen MR) is 166 cm³/mol. The third-order valence-electron chi connectivity index (χ3n) is 9.98. The molecule has 3 aliphatic heterocycles. The minimum absolute atomic E-state index is 0.0118. The van der Waals surface area contributed by atoms with Gasteiger partial charge >= 0.3 is 0 Å². The van der Waals surface area contributed by atoms with Crippen molar-refractivity contribution < 1.29 is 24.2 Å². The van der Waals surface area contributed by atoms with Gasteiger partial charge in [-0.1, -0.05) is 61.0 Å². The first kappa shape index (κ1) is 29.8. The zero-order chi connectivity index (χ0) is 29.9. The second kappa shape index (κ2) is 13.2. The number of likely N-dealkylation sites (tertiary alicyclic amines) is 2. The molecule has 0 aromatic heterocycles. The number of aromatic hydroxyl groups is 1. The van der Waals surface area contributed by atoms with Crippen LogP contribution in [0.3, 0.4) is 0 Å². The third-order valence-corrected chi connectivity index (χ3v) is 9.98. The summed E-state index contributed by atoms with van der Waals surface area (Å²) in [5.74, 6) is -0.398. The summed E-state index contributed by atoms with van der Waals surface area (Å²) in [7, 11) is 1.70. The van der Waals surface area contributed by atoms with Crippen molar-refractivity contribution in [3.63, 3.8) is 0 Å². The van der Waals surface area contributed by atoms with Crippen molar-refractivity contribution in [1.29, 1.82) is 0 Å². The van der Waals surface area contributed by atoms with E-state index in [9.17, 15) is 14.7 Å². The van der Waals surface area contributed by atoms with E-state index in [2.05, 4.69) is 42.2 Å². The lowest BCUT2D eigenvalue weighted by Gasteiger charge is -2.36. The Morgan fingerprint density at radius 1 is 1.02 bits per heavy atom. The van der Waals surface area contributed by atoms with Crippen LogP contribution in [0.1, 0.15) is 56.6 Å². The average Bonchev–Trinajstić information content (AvgIpc) is 3.55. The van der Waals surface area contributed by atoms with E-state index < -0.39 is 0 Å². The molecule has 0 spiro atoms. The van der Waals surface area contributed by atoms with Crippen LogP contribution in [0.5, 0.6) is 5.75 Å². The molecule has 43 heavy (non-hydrogen) atoms. The Balaban J connectivity index is 1.14. The van der Waals surface area contributed by atoms with Gasteiger partial charge in [0.15, 0.2) is 0 Å². The number of carbonyl (C=O) groups is 2. The second-order valence-electron chi connectivity index (χ2n) is 12.6. The fraction of sp³-hybridized carbons (Fsp3) is 0.500. The minimum atomic E-state index is -0.325. The van der Waals surface area contributed by atoms with Crippen LogP contribution in [0.2, 0.25) is 0 Å². The van der Waals surface area contributed by atoms with Crippen LogP contribution in [0, 0.1) is 17.8 Å². The van der Waals surface area contributed by atoms with E-state index in [1.54, 1.807) is 24.1 Å². The van der Waals surface area contributed by atoms with Crippen LogP contribution in [-0.2, 0) is 25.6 Å². The van der Waals surface area contributed by atoms with Gasteiger partial charge in [-0.25, -0.2) is 0 Å². The normalized spacial score (nSPS) is 26.7. The Morgan fingerprint density at radius 3 is 2.47 bits per heavy atom. The molecule has 2 aromatic carbocycles. The number of phenols is 1. The van der Waals surface area contributed by atoms with Gasteiger partial charge in [0.25, 0.3) is 0 Å². The molecule has 3 saturated heterocycles. The molecule has 7 nitrogen and oxygen atoms in total. The SMILES string of the molecule is CC/C(=C\c1ccc(O)cc1)CC[C@H]1OC[C@H]2C1=C(COC)C[C@H]1C(=O)N(C3CCN(Cc4ccccc4)CC3)C(=O)[C@H]12. The standard InChI is InChI=1S/C36H44N2O5/c1-3-24(19-25-9-12-29(39)13-10-25)11-14-32-33-27(22-42-2)20-30-34(31(33)23-43-32)36(41)38(35(30)40)28-15-17-37(18-16-28)21-26-7-5-4-6-8-26/h4-10,12-13,19,28,30-32,34,39H,3,11,14-18,20-23H2,1-2H3/b24-19+/t30-,31+,32-,34-/m1/s1. The van der Waals surface area contributed by atoms with E-state index in [-0.39, 0.29) is 47.5 Å². The van der Waals surface area contributed by atoms with Crippen molar-refractivity contribution in [1.82, 2.24) is 9.80 Å². The van der Waals surface area contributed by atoms with Crippen molar-refractivity contribution in [3.8, 4) is 5.75 Å². The van der Waals surface area contributed by atoms with Gasteiger partial charge in [0.1, 0.15) is 5.75 Å². The van der Waals surface area contributed by atoms with Crippen LogP contribution < -0.4 is 0 Å². The summed E-state index contributed by atoms with van der Waals surface area (Å²) in [4.78, 5) is 32.0. The van der Waals surface area contributed by atoms with Gasteiger partial charge in [0, 0.05) is 38.7 Å². The van der Waals surface area contributed by atoms with E-state index in [4.69, 9.17) is 9.47 Å². The maximum Gasteiger partial charge on any atom is 0.234 e.